The highest BCUT2D eigenvalue weighted by atomic mass is 32.2. The lowest BCUT2D eigenvalue weighted by Gasteiger charge is -2.35. The molecule has 1 aromatic carbocycles. The standard InChI is InChI=1S/C22H23N3O7S2/c1-13(26)24-15-6-4-5-14(20(15)16-12-32-21(28)25(16)24)17-7-8-18(33-17)22(11-19(27)23-29)9-2-3-10-34(22,30)31/h4-8,16,29H,2-3,9-12H2,1H3,(H,23,27)/t16?,22-/m0/s1. The van der Waals surface area contributed by atoms with Crippen LogP contribution in [0.2, 0.25) is 0 Å². The van der Waals surface area contributed by atoms with Gasteiger partial charge in [-0.05, 0) is 36.6 Å². The van der Waals surface area contributed by atoms with E-state index < -0.39 is 32.6 Å². The molecule has 12 heteroatoms. The van der Waals surface area contributed by atoms with E-state index in [2.05, 4.69) is 0 Å². The van der Waals surface area contributed by atoms with Gasteiger partial charge >= 0.3 is 6.09 Å². The van der Waals surface area contributed by atoms with Crippen molar-refractivity contribution in [1.29, 1.82) is 0 Å². The SMILES string of the molecule is CC(=O)N1c2cccc(-c3ccc([C@@]4(CC(=O)NO)CCCCS4(=O)=O)s3)c2C2COC(=O)N21. The second-order valence-corrected chi connectivity index (χ2v) is 12.2. The Balaban J connectivity index is 1.63. The summed E-state index contributed by atoms with van der Waals surface area (Å²) in [4.78, 5) is 38.1. The molecule has 0 bridgehead atoms. The molecule has 3 aliphatic heterocycles. The van der Waals surface area contributed by atoms with Crippen LogP contribution in [0.1, 0.15) is 49.1 Å². The molecule has 3 amide bonds. The number of rotatable bonds is 4. The van der Waals surface area contributed by atoms with Gasteiger partial charge in [-0.25, -0.2) is 28.7 Å². The summed E-state index contributed by atoms with van der Waals surface area (Å²) in [5, 5.41) is 11.7. The number of anilines is 1. The maximum absolute atomic E-state index is 13.2. The molecule has 5 rings (SSSR count). The number of nitrogens with one attached hydrogen (secondary N) is 1. The molecule has 34 heavy (non-hydrogen) atoms. The maximum atomic E-state index is 13.2. The minimum Gasteiger partial charge on any atom is -0.446 e. The number of sulfone groups is 1. The summed E-state index contributed by atoms with van der Waals surface area (Å²) in [6.45, 7) is 1.47. The van der Waals surface area contributed by atoms with Crippen molar-refractivity contribution < 1.29 is 32.7 Å². The predicted molar refractivity (Wildman–Crippen MR) is 123 cm³/mol. The first-order valence-corrected chi connectivity index (χ1v) is 13.3. The largest absolute Gasteiger partial charge is 0.446 e. The van der Waals surface area contributed by atoms with Crippen LogP contribution in [0.15, 0.2) is 30.3 Å². The van der Waals surface area contributed by atoms with E-state index in [0.717, 1.165) is 16.0 Å². The van der Waals surface area contributed by atoms with Gasteiger partial charge in [0.15, 0.2) is 9.84 Å². The third kappa shape index (κ3) is 3.23. The highest BCUT2D eigenvalue weighted by molar-refractivity contribution is 7.92. The van der Waals surface area contributed by atoms with E-state index in [1.807, 2.05) is 6.07 Å². The minimum atomic E-state index is -3.65. The molecule has 0 saturated carbocycles. The Morgan fingerprint density at radius 1 is 1.26 bits per heavy atom. The molecule has 2 saturated heterocycles. The van der Waals surface area contributed by atoms with Gasteiger partial charge in [-0.1, -0.05) is 18.6 Å². The van der Waals surface area contributed by atoms with Gasteiger partial charge in [-0.3, -0.25) is 14.8 Å². The zero-order valence-electron chi connectivity index (χ0n) is 18.3. The van der Waals surface area contributed by atoms with Gasteiger partial charge in [0.1, 0.15) is 17.4 Å². The fraction of sp³-hybridized carbons (Fsp3) is 0.409. The number of benzene rings is 1. The van der Waals surface area contributed by atoms with Crippen molar-refractivity contribution in [3.05, 3.63) is 40.8 Å². The topological polar surface area (TPSA) is 133 Å². The van der Waals surface area contributed by atoms with E-state index in [-0.39, 0.29) is 31.1 Å². The summed E-state index contributed by atoms with van der Waals surface area (Å²) < 4.78 is 30.2. The molecule has 2 atom stereocenters. The highest BCUT2D eigenvalue weighted by Crippen LogP contribution is 2.51. The molecule has 2 fully saturated rings. The average Bonchev–Trinajstić information content (AvgIpc) is 3.50. The van der Waals surface area contributed by atoms with Gasteiger partial charge in [-0.15, -0.1) is 11.3 Å². The molecule has 10 nitrogen and oxygen atoms in total. The van der Waals surface area contributed by atoms with E-state index >= 15 is 0 Å². The average molecular weight is 506 g/mol. The molecule has 2 aromatic rings. The van der Waals surface area contributed by atoms with Crippen molar-refractivity contribution in [2.24, 2.45) is 0 Å². The molecule has 0 radical (unpaired) electrons. The number of amides is 3. The van der Waals surface area contributed by atoms with Crippen LogP contribution in [0.3, 0.4) is 0 Å². The number of nitrogens with zero attached hydrogens (tertiary/aromatic N) is 2. The predicted octanol–water partition coefficient (Wildman–Crippen LogP) is 2.88. The van der Waals surface area contributed by atoms with Crippen LogP contribution in [-0.4, -0.2) is 48.9 Å². The number of hydrogen-bond acceptors (Lipinski definition) is 8. The van der Waals surface area contributed by atoms with E-state index in [1.54, 1.807) is 29.7 Å². The lowest BCUT2D eigenvalue weighted by Crippen LogP contribution is -2.43. The molecule has 0 aliphatic carbocycles. The van der Waals surface area contributed by atoms with Gasteiger partial charge in [-0.2, -0.15) is 0 Å². The zero-order valence-corrected chi connectivity index (χ0v) is 19.9. The van der Waals surface area contributed by atoms with E-state index in [1.165, 1.54) is 28.3 Å². The number of hydrazine groups is 1. The first kappa shape index (κ1) is 22.8. The molecule has 0 spiro atoms. The van der Waals surface area contributed by atoms with Crippen molar-refractivity contribution >= 4 is 44.8 Å². The molecule has 180 valence electrons. The van der Waals surface area contributed by atoms with Crippen molar-refractivity contribution in [3.63, 3.8) is 0 Å². The fourth-order valence-electron chi connectivity index (χ4n) is 5.22. The third-order valence-electron chi connectivity index (χ3n) is 6.74. The van der Waals surface area contributed by atoms with Crippen molar-refractivity contribution in [3.8, 4) is 10.4 Å². The Morgan fingerprint density at radius 2 is 2.06 bits per heavy atom. The molecule has 4 heterocycles. The van der Waals surface area contributed by atoms with Crippen LogP contribution in [0, 0.1) is 0 Å². The Hall–Kier alpha value is -2.96. The minimum absolute atomic E-state index is 0.0241. The molecule has 1 unspecified atom stereocenters. The maximum Gasteiger partial charge on any atom is 0.430 e. The van der Waals surface area contributed by atoms with E-state index in [0.29, 0.717) is 23.4 Å². The van der Waals surface area contributed by atoms with Gasteiger partial charge < -0.3 is 4.74 Å². The Morgan fingerprint density at radius 3 is 2.76 bits per heavy atom. The number of cyclic esters (lactones) is 1. The molecular formula is C22H23N3O7S2. The van der Waals surface area contributed by atoms with Crippen LogP contribution in [0.25, 0.3) is 10.4 Å². The second-order valence-electron chi connectivity index (χ2n) is 8.65. The van der Waals surface area contributed by atoms with Crippen molar-refractivity contribution in [1.82, 2.24) is 10.5 Å². The van der Waals surface area contributed by atoms with Crippen molar-refractivity contribution in [2.75, 3.05) is 17.4 Å². The van der Waals surface area contributed by atoms with Gasteiger partial charge in [0.25, 0.3) is 0 Å². The summed E-state index contributed by atoms with van der Waals surface area (Å²) in [7, 11) is -3.65. The van der Waals surface area contributed by atoms with Crippen LogP contribution >= 0.6 is 11.3 Å². The molecule has 3 aliphatic rings. The molecular weight excluding hydrogens is 482 g/mol. The second kappa shape index (κ2) is 8.07. The van der Waals surface area contributed by atoms with Crippen LogP contribution < -0.4 is 10.5 Å². The smallest absolute Gasteiger partial charge is 0.430 e. The number of ether oxygens (including phenoxy) is 1. The van der Waals surface area contributed by atoms with Crippen LogP contribution in [0.4, 0.5) is 10.5 Å². The summed E-state index contributed by atoms with van der Waals surface area (Å²) in [6, 6.07) is 8.46. The van der Waals surface area contributed by atoms with Gasteiger partial charge in [0.05, 0.1) is 17.9 Å². The van der Waals surface area contributed by atoms with E-state index in [9.17, 15) is 22.8 Å². The first-order valence-electron chi connectivity index (χ1n) is 10.9. The fourth-order valence-corrected chi connectivity index (χ4v) is 9.04. The number of carbonyl (C=O) groups is 3. The number of thiophene rings is 1. The summed E-state index contributed by atoms with van der Waals surface area (Å²) in [6.07, 6.45) is 0.496. The number of fused-ring (bicyclic) bond motifs is 3. The van der Waals surface area contributed by atoms with Crippen LogP contribution in [-0.2, 0) is 28.9 Å². The summed E-state index contributed by atoms with van der Waals surface area (Å²) >= 11 is 1.27. The number of carbonyl (C=O) groups excluding carboxylic acids is 3. The van der Waals surface area contributed by atoms with Crippen LogP contribution in [0.5, 0.6) is 0 Å². The quantitative estimate of drug-likeness (QED) is 0.482. The summed E-state index contributed by atoms with van der Waals surface area (Å²) in [5.74, 6) is -1.10. The Bertz CT molecular complexity index is 1310. The monoisotopic (exact) mass is 505 g/mol. The lowest BCUT2D eigenvalue weighted by atomic mass is 9.94. The first-order chi connectivity index (χ1) is 16.2. The molecule has 1 aromatic heterocycles. The number of hydroxylamine groups is 1. The lowest BCUT2D eigenvalue weighted by molar-refractivity contribution is -0.130. The van der Waals surface area contributed by atoms with Crippen molar-refractivity contribution in [2.45, 2.75) is 43.4 Å². The normalized spacial score (nSPS) is 25.0. The Labute approximate surface area is 200 Å². The number of hydrogen-bond donors (Lipinski definition) is 2. The van der Waals surface area contributed by atoms with E-state index in [4.69, 9.17) is 9.94 Å². The van der Waals surface area contributed by atoms with Gasteiger partial charge in [0, 0.05) is 22.2 Å². The third-order valence-corrected chi connectivity index (χ3v) is 10.8. The Kier molecular flexibility index (Phi) is 5.41. The molecule has 2 N–H and O–H groups in total. The zero-order chi connectivity index (χ0) is 24.3. The van der Waals surface area contributed by atoms with Gasteiger partial charge in [0.2, 0.25) is 11.8 Å². The highest BCUT2D eigenvalue weighted by Gasteiger charge is 2.51. The summed E-state index contributed by atoms with van der Waals surface area (Å²) in [5.41, 5.74) is 3.68.